The van der Waals surface area contributed by atoms with Crippen molar-refractivity contribution in [2.75, 3.05) is 13.2 Å². The molecule has 0 aromatic heterocycles. The van der Waals surface area contributed by atoms with Crippen LogP contribution in [-0.2, 0) is 22.5 Å². The van der Waals surface area contributed by atoms with Crippen LogP contribution in [0.4, 0.5) is 8.78 Å². The lowest BCUT2D eigenvalue weighted by atomic mass is 9.82. The Bertz CT molecular complexity index is 1710. The molecule has 0 unspecified atom stereocenters. The van der Waals surface area contributed by atoms with Crippen LogP contribution in [-0.4, -0.2) is 35.7 Å². The zero-order valence-electron chi connectivity index (χ0n) is 23.7. The normalized spacial score (nSPS) is 17.5. The average molecular weight is 719 g/mol. The van der Waals surface area contributed by atoms with Gasteiger partial charge in [0.05, 0.1) is 6.61 Å². The summed E-state index contributed by atoms with van der Waals surface area (Å²) < 4.78 is 40.6. The number of hydrazine groups is 1. The third-order valence-electron chi connectivity index (χ3n) is 7.19. The number of carbonyl (C=O) groups excluding carboxylic acids is 1. The van der Waals surface area contributed by atoms with Crippen molar-refractivity contribution in [2.45, 2.75) is 31.0 Å². The second-order valence-corrected chi connectivity index (χ2v) is 12.0. The lowest BCUT2D eigenvalue weighted by Crippen LogP contribution is -2.53. The molecule has 0 spiro atoms. The van der Waals surface area contributed by atoms with Gasteiger partial charge in [-0.25, -0.2) is 19.2 Å². The fraction of sp³-hybridized carbons (Fsp3) is 0.212. The smallest absolute Gasteiger partial charge is 0.266 e. The second kappa shape index (κ2) is 14.7. The monoisotopic (exact) mass is 717 g/mol. The number of hydrogen-bond acceptors (Lipinski definition) is 6. The summed E-state index contributed by atoms with van der Waals surface area (Å²) in [6, 6.07) is 22.6. The summed E-state index contributed by atoms with van der Waals surface area (Å²) in [6.07, 6.45) is -0.424. The molecule has 1 heterocycles. The fourth-order valence-electron chi connectivity index (χ4n) is 4.90. The van der Waals surface area contributed by atoms with Crippen LogP contribution in [0, 0.1) is 11.6 Å². The molecule has 0 saturated carbocycles. The van der Waals surface area contributed by atoms with Gasteiger partial charge >= 0.3 is 0 Å². The first-order valence-corrected chi connectivity index (χ1v) is 15.5. The van der Waals surface area contributed by atoms with Gasteiger partial charge in [0, 0.05) is 63.3 Å². The molecule has 0 aliphatic carbocycles. The average Bonchev–Trinajstić information content (AvgIpc) is 3.40. The number of nitrogens with zero attached hydrogens (tertiary/aromatic N) is 1. The van der Waals surface area contributed by atoms with Gasteiger partial charge < -0.3 is 14.6 Å². The Labute approximate surface area is 277 Å². The van der Waals surface area contributed by atoms with Crippen LogP contribution in [0.3, 0.4) is 0 Å². The number of benzene rings is 4. The van der Waals surface area contributed by atoms with Crippen LogP contribution in [0.15, 0.2) is 94.4 Å². The molecule has 7 nitrogen and oxygen atoms in total. The first-order chi connectivity index (χ1) is 21.7. The number of carbonyl (C=O) groups is 1. The minimum atomic E-state index is -1.61. The predicted molar refractivity (Wildman–Crippen MR) is 172 cm³/mol. The number of aliphatic hydroxyl groups excluding tert-OH is 1. The summed E-state index contributed by atoms with van der Waals surface area (Å²) in [7, 11) is 0. The van der Waals surface area contributed by atoms with Crippen molar-refractivity contribution < 1.29 is 28.2 Å². The number of aliphatic imine (C=N–C) groups is 1. The molecule has 12 heteroatoms. The number of hydrogen-bond donors (Lipinski definition) is 3. The first kappa shape index (κ1) is 32.8. The van der Waals surface area contributed by atoms with E-state index in [1.54, 1.807) is 42.5 Å². The Kier molecular flexibility index (Phi) is 10.7. The quantitative estimate of drug-likeness (QED) is 0.107. The first-order valence-electron chi connectivity index (χ1n) is 14.0. The molecule has 45 heavy (non-hydrogen) atoms. The lowest BCUT2D eigenvalue weighted by Gasteiger charge is -2.31. The Balaban J connectivity index is 1.55. The molecular weight excluding hydrogens is 691 g/mol. The van der Waals surface area contributed by atoms with E-state index in [1.165, 1.54) is 6.07 Å². The van der Waals surface area contributed by atoms with E-state index in [9.17, 15) is 13.6 Å². The summed E-state index contributed by atoms with van der Waals surface area (Å²) in [5.41, 5.74) is 5.82. The summed E-state index contributed by atoms with van der Waals surface area (Å²) in [5, 5.41) is 9.72. The van der Waals surface area contributed by atoms with E-state index in [-0.39, 0.29) is 36.1 Å². The van der Waals surface area contributed by atoms with Crippen molar-refractivity contribution in [1.82, 2.24) is 10.9 Å². The predicted octanol–water partition coefficient (Wildman–Crippen LogP) is 7.12. The molecule has 0 fully saturated rings. The zero-order chi connectivity index (χ0) is 32.0. The van der Waals surface area contributed by atoms with Crippen LogP contribution in [0.25, 0.3) is 0 Å². The number of nitrogens with one attached hydrogen (secondary N) is 2. The minimum Gasteiger partial charge on any atom is -0.494 e. The Morgan fingerprint density at radius 3 is 2.51 bits per heavy atom. The van der Waals surface area contributed by atoms with E-state index in [0.717, 1.165) is 22.2 Å². The maximum atomic E-state index is 14.3. The summed E-state index contributed by atoms with van der Waals surface area (Å²) in [4.78, 5) is 19.3. The Morgan fingerprint density at radius 1 is 1.02 bits per heavy atom. The van der Waals surface area contributed by atoms with Crippen molar-refractivity contribution in [3.05, 3.63) is 133 Å². The number of halogens is 5. The van der Waals surface area contributed by atoms with E-state index >= 15 is 0 Å². The van der Waals surface area contributed by atoms with Gasteiger partial charge in [0.25, 0.3) is 5.91 Å². The van der Waals surface area contributed by atoms with Crippen LogP contribution in [0.5, 0.6) is 5.75 Å². The number of ether oxygens (including phenoxy) is 2. The van der Waals surface area contributed by atoms with Crippen molar-refractivity contribution in [1.29, 1.82) is 0 Å². The second-order valence-electron chi connectivity index (χ2n) is 10.3. The minimum absolute atomic E-state index is 0.0206. The standard InChI is InChI=1S/C33H28BrCl2F2N3O4/c34-27-5-2-1-4-21(27)18-33(32(43)41-39-19-22-6-10-24(37)17-29(22)38)30(26-13-9-23(35)16-28(26)36)45-31(40-33)20-7-11-25(12-8-20)44-15-3-14-42/h1-2,4-13,16-17,30,39,42H,3,14-15,18-19H2,(H,41,43)/t30-,33-/m0/s1. The van der Waals surface area contributed by atoms with E-state index in [2.05, 4.69) is 26.8 Å². The SMILES string of the molecule is O=C(NNCc1ccc(F)cc1F)[C@@]1(Cc2ccccc2Br)N=C(c2ccc(OCCCO)cc2)O[C@H]1c1ccc(Cl)cc1Cl. The molecule has 0 bridgehead atoms. The molecular formula is C33H28BrCl2F2N3O4. The maximum absolute atomic E-state index is 14.3. The summed E-state index contributed by atoms with van der Waals surface area (Å²) in [5.74, 6) is -1.24. The number of amides is 1. The molecule has 1 aliphatic heterocycles. The summed E-state index contributed by atoms with van der Waals surface area (Å²) >= 11 is 16.5. The van der Waals surface area contributed by atoms with E-state index in [0.29, 0.717) is 34.9 Å². The summed E-state index contributed by atoms with van der Waals surface area (Å²) in [6.45, 7) is 0.256. The van der Waals surface area contributed by atoms with Gasteiger partial charge in [-0.1, -0.05) is 69.5 Å². The molecule has 1 amide bonds. The molecule has 0 saturated heterocycles. The van der Waals surface area contributed by atoms with Crippen molar-refractivity contribution >= 4 is 50.9 Å². The lowest BCUT2D eigenvalue weighted by molar-refractivity contribution is -0.130. The van der Waals surface area contributed by atoms with E-state index in [1.807, 2.05) is 24.3 Å². The largest absolute Gasteiger partial charge is 0.494 e. The van der Waals surface area contributed by atoms with Crippen LogP contribution in [0.1, 0.15) is 34.8 Å². The number of rotatable bonds is 12. The number of aliphatic hydroxyl groups is 1. The molecule has 1 aliphatic rings. The molecule has 234 valence electrons. The molecule has 2 atom stereocenters. The van der Waals surface area contributed by atoms with Crippen molar-refractivity contribution in [3.63, 3.8) is 0 Å². The third-order valence-corrected chi connectivity index (χ3v) is 8.52. The fourth-order valence-corrected chi connectivity index (χ4v) is 5.83. The van der Waals surface area contributed by atoms with Gasteiger partial charge in [-0.3, -0.25) is 10.2 Å². The zero-order valence-corrected chi connectivity index (χ0v) is 26.8. The molecule has 5 rings (SSSR count). The highest BCUT2D eigenvalue weighted by Crippen LogP contribution is 2.45. The third kappa shape index (κ3) is 7.65. The van der Waals surface area contributed by atoms with Gasteiger partial charge in [-0.15, -0.1) is 0 Å². The Hall–Kier alpha value is -3.54. The van der Waals surface area contributed by atoms with Gasteiger partial charge in [0.2, 0.25) is 5.90 Å². The van der Waals surface area contributed by atoms with Gasteiger partial charge in [0.1, 0.15) is 17.4 Å². The van der Waals surface area contributed by atoms with Crippen molar-refractivity contribution in [3.8, 4) is 5.75 Å². The van der Waals surface area contributed by atoms with Crippen LogP contribution < -0.4 is 15.6 Å². The molecule has 4 aromatic rings. The Morgan fingerprint density at radius 2 is 1.80 bits per heavy atom. The molecule has 4 aromatic carbocycles. The van der Waals surface area contributed by atoms with E-state index in [4.69, 9.17) is 42.8 Å². The molecule has 0 radical (unpaired) electrons. The van der Waals surface area contributed by atoms with Crippen molar-refractivity contribution in [2.24, 2.45) is 4.99 Å². The maximum Gasteiger partial charge on any atom is 0.266 e. The molecule has 3 N–H and O–H groups in total. The highest BCUT2D eigenvalue weighted by molar-refractivity contribution is 9.10. The van der Waals surface area contributed by atoms with Crippen LogP contribution in [0.2, 0.25) is 10.0 Å². The van der Waals surface area contributed by atoms with Gasteiger partial charge in [-0.2, -0.15) is 0 Å². The van der Waals surface area contributed by atoms with E-state index < -0.39 is 29.2 Å². The van der Waals surface area contributed by atoms with Gasteiger partial charge in [0.15, 0.2) is 11.6 Å². The van der Waals surface area contributed by atoms with Crippen LogP contribution >= 0.6 is 39.1 Å². The van der Waals surface area contributed by atoms with Gasteiger partial charge in [-0.05, 0) is 54.1 Å². The highest BCUT2D eigenvalue weighted by atomic mass is 79.9. The topological polar surface area (TPSA) is 92.2 Å². The highest BCUT2D eigenvalue weighted by Gasteiger charge is 2.54.